The molecule has 16 heavy (non-hydrogen) atoms. The second kappa shape index (κ2) is 4.19. The van der Waals surface area contributed by atoms with Gasteiger partial charge in [-0.05, 0) is 19.4 Å². The van der Waals surface area contributed by atoms with Crippen LogP contribution in [0.5, 0.6) is 0 Å². The summed E-state index contributed by atoms with van der Waals surface area (Å²) in [6.45, 7) is 4.70. The van der Waals surface area contributed by atoms with Gasteiger partial charge >= 0.3 is 0 Å². The minimum atomic E-state index is -0.458. The fourth-order valence-electron chi connectivity index (χ4n) is 1.94. The Morgan fingerprint density at radius 1 is 1.31 bits per heavy atom. The van der Waals surface area contributed by atoms with E-state index in [9.17, 15) is 10.1 Å². The lowest BCUT2D eigenvalue weighted by atomic mass is 10.0. The molecule has 0 bridgehead atoms. The smallest absolute Gasteiger partial charge is 0.272 e. The van der Waals surface area contributed by atoms with E-state index in [1.165, 1.54) is 6.07 Å². The molecule has 0 unspecified atom stereocenters. The van der Waals surface area contributed by atoms with Crippen molar-refractivity contribution in [3.63, 3.8) is 0 Å². The van der Waals surface area contributed by atoms with E-state index in [4.69, 9.17) is 9.47 Å². The second-order valence-electron chi connectivity index (χ2n) is 3.77. The number of rotatable bonds is 2. The van der Waals surface area contributed by atoms with Crippen LogP contribution in [0.3, 0.4) is 0 Å². The van der Waals surface area contributed by atoms with E-state index in [0.717, 1.165) is 11.1 Å². The Morgan fingerprint density at radius 2 is 1.94 bits per heavy atom. The lowest BCUT2D eigenvalue weighted by molar-refractivity contribution is -0.385. The minimum Gasteiger partial charge on any atom is -0.346 e. The summed E-state index contributed by atoms with van der Waals surface area (Å²) in [4.78, 5) is 10.4. The van der Waals surface area contributed by atoms with Gasteiger partial charge in [-0.3, -0.25) is 10.1 Å². The van der Waals surface area contributed by atoms with Crippen LogP contribution < -0.4 is 0 Å². The van der Waals surface area contributed by atoms with Gasteiger partial charge in [-0.25, -0.2) is 0 Å². The zero-order valence-electron chi connectivity index (χ0n) is 9.23. The molecule has 0 spiro atoms. The lowest BCUT2D eigenvalue weighted by Gasteiger charge is -2.15. The maximum Gasteiger partial charge on any atom is 0.272 e. The largest absolute Gasteiger partial charge is 0.346 e. The molecule has 1 saturated heterocycles. The van der Waals surface area contributed by atoms with Crippen LogP contribution in [0.2, 0.25) is 0 Å². The molecule has 0 aromatic heterocycles. The van der Waals surface area contributed by atoms with Crippen molar-refractivity contribution in [3.8, 4) is 0 Å². The maximum atomic E-state index is 10.8. The van der Waals surface area contributed by atoms with Crippen molar-refractivity contribution in [3.05, 3.63) is 38.9 Å². The molecule has 0 saturated carbocycles. The molecule has 0 N–H and O–H groups in total. The molecule has 2 rings (SSSR count). The molecule has 1 aromatic rings. The number of aryl methyl sites for hydroxylation is 1. The number of nitrogens with zero attached hydrogens (tertiary/aromatic N) is 1. The Bertz CT molecular complexity index is 424. The summed E-state index contributed by atoms with van der Waals surface area (Å²) in [5.41, 5.74) is 2.47. The van der Waals surface area contributed by atoms with E-state index in [2.05, 4.69) is 0 Å². The zero-order chi connectivity index (χ0) is 11.7. The van der Waals surface area contributed by atoms with Gasteiger partial charge in [-0.1, -0.05) is 6.07 Å². The van der Waals surface area contributed by atoms with E-state index in [1.807, 2.05) is 6.92 Å². The highest BCUT2D eigenvalue weighted by Gasteiger charge is 2.26. The molecule has 86 valence electrons. The van der Waals surface area contributed by atoms with E-state index in [-0.39, 0.29) is 10.6 Å². The van der Waals surface area contributed by atoms with Gasteiger partial charge in [-0.15, -0.1) is 0 Å². The molecule has 0 atom stereocenters. The quantitative estimate of drug-likeness (QED) is 0.570. The number of ether oxygens (including phenoxy) is 2. The first-order valence-electron chi connectivity index (χ1n) is 5.09. The molecule has 0 radical (unpaired) electrons. The normalized spacial score (nSPS) is 16.6. The third-order valence-corrected chi connectivity index (χ3v) is 2.76. The monoisotopic (exact) mass is 223 g/mol. The predicted octanol–water partition coefficient (Wildman–Crippen LogP) is 2.26. The van der Waals surface area contributed by atoms with Gasteiger partial charge in [0.25, 0.3) is 5.69 Å². The Balaban J connectivity index is 2.49. The number of benzene rings is 1. The summed E-state index contributed by atoms with van der Waals surface area (Å²) < 4.78 is 10.8. The maximum absolute atomic E-state index is 10.8. The summed E-state index contributed by atoms with van der Waals surface area (Å²) in [6.07, 6.45) is -0.458. The first-order valence-corrected chi connectivity index (χ1v) is 5.09. The van der Waals surface area contributed by atoms with Crippen LogP contribution >= 0.6 is 0 Å². The molecule has 5 heteroatoms. The van der Waals surface area contributed by atoms with E-state index in [1.54, 1.807) is 13.0 Å². The summed E-state index contributed by atoms with van der Waals surface area (Å²) in [5.74, 6) is 0. The number of nitro groups is 1. The van der Waals surface area contributed by atoms with E-state index in [0.29, 0.717) is 18.8 Å². The molecule has 1 fully saturated rings. The number of nitro benzene ring substituents is 1. The topological polar surface area (TPSA) is 61.6 Å². The number of hydrogen-bond acceptors (Lipinski definition) is 4. The standard InChI is InChI=1S/C11H13NO4/c1-7-3-4-9(12(13)14)8(2)10(7)11-15-5-6-16-11/h3-4,11H,5-6H2,1-2H3. The van der Waals surface area contributed by atoms with Crippen LogP contribution in [0.15, 0.2) is 12.1 Å². The van der Waals surface area contributed by atoms with Crippen LogP contribution in [0.4, 0.5) is 5.69 Å². The molecule has 1 heterocycles. The fraction of sp³-hybridized carbons (Fsp3) is 0.455. The van der Waals surface area contributed by atoms with Gasteiger partial charge < -0.3 is 9.47 Å². The van der Waals surface area contributed by atoms with Crippen molar-refractivity contribution < 1.29 is 14.4 Å². The van der Waals surface area contributed by atoms with Crippen LogP contribution in [0.1, 0.15) is 23.0 Å². The molecule has 1 aromatic carbocycles. The highest BCUT2D eigenvalue weighted by molar-refractivity contribution is 5.49. The Labute approximate surface area is 93.1 Å². The fourth-order valence-corrected chi connectivity index (χ4v) is 1.94. The van der Waals surface area contributed by atoms with Crippen LogP contribution in [0, 0.1) is 24.0 Å². The van der Waals surface area contributed by atoms with Crippen LogP contribution in [-0.2, 0) is 9.47 Å². The predicted molar refractivity (Wildman–Crippen MR) is 57.2 cm³/mol. The summed E-state index contributed by atoms with van der Waals surface area (Å²) in [7, 11) is 0. The molecule has 5 nitrogen and oxygen atoms in total. The SMILES string of the molecule is Cc1ccc([N+](=O)[O-])c(C)c1C1OCCO1. The van der Waals surface area contributed by atoms with Crippen molar-refractivity contribution in [1.82, 2.24) is 0 Å². The van der Waals surface area contributed by atoms with Gasteiger partial charge in [0.1, 0.15) is 0 Å². The van der Waals surface area contributed by atoms with Crippen molar-refractivity contribution >= 4 is 5.69 Å². The lowest BCUT2D eigenvalue weighted by Crippen LogP contribution is -2.06. The van der Waals surface area contributed by atoms with E-state index >= 15 is 0 Å². The molecule has 0 amide bonds. The van der Waals surface area contributed by atoms with Crippen LogP contribution in [-0.4, -0.2) is 18.1 Å². The minimum absolute atomic E-state index is 0.111. The second-order valence-corrected chi connectivity index (χ2v) is 3.77. The molecule has 1 aliphatic rings. The summed E-state index contributed by atoms with van der Waals surface area (Å²) in [5, 5.41) is 10.8. The average Bonchev–Trinajstić information content (AvgIpc) is 2.70. The Kier molecular flexibility index (Phi) is 2.89. The van der Waals surface area contributed by atoms with Gasteiger partial charge in [-0.2, -0.15) is 0 Å². The van der Waals surface area contributed by atoms with Gasteiger partial charge in [0.05, 0.1) is 18.1 Å². The van der Waals surface area contributed by atoms with Crippen molar-refractivity contribution in [2.24, 2.45) is 0 Å². The van der Waals surface area contributed by atoms with Crippen LogP contribution in [0.25, 0.3) is 0 Å². The average molecular weight is 223 g/mol. The Hall–Kier alpha value is -1.46. The van der Waals surface area contributed by atoms with Gasteiger partial charge in [0.2, 0.25) is 0 Å². The zero-order valence-corrected chi connectivity index (χ0v) is 9.23. The molecular weight excluding hydrogens is 210 g/mol. The molecule has 0 aliphatic carbocycles. The third-order valence-electron chi connectivity index (χ3n) is 2.76. The first-order chi connectivity index (χ1) is 7.61. The number of hydrogen-bond donors (Lipinski definition) is 0. The summed E-state index contributed by atoms with van der Waals surface area (Å²) >= 11 is 0. The van der Waals surface area contributed by atoms with Crippen molar-refractivity contribution in [1.29, 1.82) is 0 Å². The highest BCUT2D eigenvalue weighted by Crippen LogP contribution is 2.33. The highest BCUT2D eigenvalue weighted by atomic mass is 16.7. The first kappa shape index (κ1) is 11.0. The molecule has 1 aliphatic heterocycles. The molecular formula is C11H13NO4. The van der Waals surface area contributed by atoms with Crippen molar-refractivity contribution in [2.45, 2.75) is 20.1 Å². The van der Waals surface area contributed by atoms with Crippen molar-refractivity contribution in [2.75, 3.05) is 13.2 Å². The van der Waals surface area contributed by atoms with Gasteiger partial charge in [0.15, 0.2) is 6.29 Å². The van der Waals surface area contributed by atoms with E-state index < -0.39 is 6.29 Å². The Morgan fingerprint density at radius 3 is 2.50 bits per heavy atom. The third kappa shape index (κ3) is 1.79. The van der Waals surface area contributed by atoms with Gasteiger partial charge in [0, 0.05) is 17.2 Å². The summed E-state index contributed by atoms with van der Waals surface area (Å²) in [6, 6.07) is 3.24.